The molecule has 0 saturated carbocycles. The van der Waals surface area contributed by atoms with Crippen molar-refractivity contribution in [3.63, 3.8) is 0 Å². The molecule has 1 aliphatic heterocycles. The second kappa shape index (κ2) is 9.95. The van der Waals surface area contributed by atoms with Gasteiger partial charge in [-0.15, -0.1) is 0 Å². The average molecular weight is 486 g/mol. The van der Waals surface area contributed by atoms with Crippen LogP contribution in [0.4, 0.5) is 5.82 Å². The van der Waals surface area contributed by atoms with E-state index >= 15 is 0 Å². The van der Waals surface area contributed by atoms with Crippen molar-refractivity contribution < 1.29 is 22.7 Å². The van der Waals surface area contributed by atoms with Crippen molar-refractivity contribution in [2.75, 3.05) is 18.4 Å². The summed E-state index contributed by atoms with van der Waals surface area (Å²) in [5.41, 5.74) is 0. The van der Waals surface area contributed by atoms with Crippen LogP contribution in [-0.2, 0) is 24.3 Å². The first-order chi connectivity index (χ1) is 14.7. The van der Waals surface area contributed by atoms with Crippen molar-refractivity contribution in [2.45, 2.75) is 30.8 Å². The SMILES string of the molecule is C[C@@H](OC(=O)C1CCN(S(=O)(=O)c2ccccc2)CC1)C(=O)Nc1ncc(Cl)cc1Cl. The number of nitrogens with one attached hydrogen (secondary N) is 1. The lowest BCUT2D eigenvalue weighted by Gasteiger charge is -2.30. The molecule has 11 heteroatoms. The van der Waals surface area contributed by atoms with E-state index in [4.69, 9.17) is 27.9 Å². The molecule has 2 heterocycles. The van der Waals surface area contributed by atoms with Crippen molar-refractivity contribution in [1.29, 1.82) is 0 Å². The Hall–Kier alpha value is -2.20. The summed E-state index contributed by atoms with van der Waals surface area (Å²) in [6.45, 7) is 1.83. The number of anilines is 1. The Morgan fingerprint density at radius 2 is 1.84 bits per heavy atom. The van der Waals surface area contributed by atoms with E-state index in [2.05, 4.69) is 10.3 Å². The van der Waals surface area contributed by atoms with E-state index in [1.165, 1.54) is 35.6 Å². The summed E-state index contributed by atoms with van der Waals surface area (Å²) in [6, 6.07) is 9.58. The van der Waals surface area contributed by atoms with Crippen LogP contribution in [0.3, 0.4) is 0 Å². The highest BCUT2D eigenvalue weighted by Crippen LogP contribution is 2.26. The van der Waals surface area contributed by atoms with E-state index in [-0.39, 0.29) is 28.8 Å². The molecule has 166 valence electrons. The summed E-state index contributed by atoms with van der Waals surface area (Å²) in [5.74, 6) is -1.52. The molecule has 0 unspecified atom stereocenters. The first-order valence-corrected chi connectivity index (χ1v) is 11.8. The van der Waals surface area contributed by atoms with Crippen LogP contribution in [0.5, 0.6) is 0 Å². The number of ether oxygens (including phenoxy) is 1. The molecule has 31 heavy (non-hydrogen) atoms. The van der Waals surface area contributed by atoms with Crippen LogP contribution < -0.4 is 5.32 Å². The van der Waals surface area contributed by atoms with Crippen molar-refractivity contribution in [3.8, 4) is 0 Å². The van der Waals surface area contributed by atoms with Gasteiger partial charge in [0.2, 0.25) is 10.0 Å². The van der Waals surface area contributed by atoms with Gasteiger partial charge in [0.25, 0.3) is 5.91 Å². The Kier molecular flexibility index (Phi) is 7.53. The number of esters is 1. The monoisotopic (exact) mass is 485 g/mol. The summed E-state index contributed by atoms with van der Waals surface area (Å²) < 4.78 is 32.0. The van der Waals surface area contributed by atoms with Gasteiger partial charge in [0, 0.05) is 19.3 Å². The van der Waals surface area contributed by atoms with Gasteiger partial charge in [-0.25, -0.2) is 13.4 Å². The number of carbonyl (C=O) groups excluding carboxylic acids is 2. The summed E-state index contributed by atoms with van der Waals surface area (Å²) >= 11 is 11.8. The number of amides is 1. The highest BCUT2D eigenvalue weighted by atomic mass is 35.5. The van der Waals surface area contributed by atoms with Crippen molar-refractivity contribution >= 4 is 50.9 Å². The Morgan fingerprint density at radius 3 is 2.45 bits per heavy atom. The standard InChI is InChI=1S/C20H21Cl2N3O5S/c1-13(19(26)24-18-17(22)11-15(21)12-23-18)30-20(27)14-7-9-25(10-8-14)31(28,29)16-5-3-2-4-6-16/h2-6,11-14H,7-10H2,1H3,(H,23,24,26)/t13-/m1/s1. The lowest BCUT2D eigenvalue weighted by Crippen LogP contribution is -2.41. The van der Waals surface area contributed by atoms with E-state index in [0.717, 1.165) is 0 Å². The van der Waals surface area contributed by atoms with Gasteiger partial charge in [-0.2, -0.15) is 4.31 Å². The zero-order chi connectivity index (χ0) is 22.6. The molecule has 1 aromatic heterocycles. The van der Waals surface area contributed by atoms with Crippen LogP contribution in [0.25, 0.3) is 0 Å². The van der Waals surface area contributed by atoms with Gasteiger partial charge < -0.3 is 10.1 Å². The molecule has 3 rings (SSSR count). The highest BCUT2D eigenvalue weighted by Gasteiger charge is 2.34. The Labute approximate surface area is 190 Å². The number of sulfonamides is 1. The van der Waals surface area contributed by atoms with E-state index in [9.17, 15) is 18.0 Å². The molecule has 1 aromatic carbocycles. The lowest BCUT2D eigenvalue weighted by molar-refractivity contribution is -0.158. The van der Waals surface area contributed by atoms with Gasteiger partial charge >= 0.3 is 5.97 Å². The van der Waals surface area contributed by atoms with Crippen molar-refractivity contribution in [3.05, 3.63) is 52.6 Å². The number of benzene rings is 1. The number of hydrogen-bond acceptors (Lipinski definition) is 6. The Balaban J connectivity index is 1.53. The zero-order valence-corrected chi connectivity index (χ0v) is 19.0. The van der Waals surface area contributed by atoms with E-state index < -0.39 is 33.9 Å². The minimum atomic E-state index is -3.60. The normalized spacial score (nSPS) is 16.5. The number of carbonyl (C=O) groups is 2. The number of pyridine rings is 1. The third-order valence-electron chi connectivity index (χ3n) is 4.88. The second-order valence-electron chi connectivity index (χ2n) is 7.04. The maximum absolute atomic E-state index is 12.7. The van der Waals surface area contributed by atoms with Gasteiger partial charge in [-0.05, 0) is 38.0 Å². The predicted molar refractivity (Wildman–Crippen MR) is 116 cm³/mol. The predicted octanol–water partition coefficient (Wildman–Crippen LogP) is 3.36. The van der Waals surface area contributed by atoms with Crippen LogP contribution in [0.2, 0.25) is 10.0 Å². The quantitative estimate of drug-likeness (QED) is 0.628. The maximum atomic E-state index is 12.7. The molecular formula is C20H21Cl2N3O5S. The summed E-state index contributed by atoms with van der Waals surface area (Å²) in [7, 11) is -3.60. The van der Waals surface area contributed by atoms with Crippen LogP contribution in [-0.4, -0.2) is 48.8 Å². The molecule has 1 N–H and O–H groups in total. The molecule has 1 amide bonds. The number of piperidine rings is 1. The first kappa shape index (κ1) is 23.5. The summed E-state index contributed by atoms with van der Waals surface area (Å²) in [4.78, 5) is 28.9. The molecule has 1 atom stereocenters. The third kappa shape index (κ3) is 5.74. The maximum Gasteiger partial charge on any atom is 0.309 e. The van der Waals surface area contributed by atoms with E-state index in [0.29, 0.717) is 17.9 Å². The molecular weight excluding hydrogens is 465 g/mol. The molecule has 1 aliphatic rings. The van der Waals surface area contributed by atoms with E-state index in [1.807, 2.05) is 0 Å². The van der Waals surface area contributed by atoms with Gasteiger partial charge in [0.05, 0.1) is 20.9 Å². The van der Waals surface area contributed by atoms with Gasteiger partial charge in [0.15, 0.2) is 11.9 Å². The molecule has 1 saturated heterocycles. The van der Waals surface area contributed by atoms with Crippen LogP contribution in [0.1, 0.15) is 19.8 Å². The van der Waals surface area contributed by atoms with Crippen LogP contribution >= 0.6 is 23.2 Å². The average Bonchev–Trinajstić information content (AvgIpc) is 2.76. The summed E-state index contributed by atoms with van der Waals surface area (Å²) in [5, 5.41) is 2.97. The number of halogens is 2. The fourth-order valence-corrected chi connectivity index (χ4v) is 5.04. The van der Waals surface area contributed by atoms with Crippen LogP contribution in [0.15, 0.2) is 47.5 Å². The Morgan fingerprint density at radius 1 is 1.19 bits per heavy atom. The number of aromatic nitrogens is 1. The Bertz CT molecular complexity index is 1060. The number of rotatable bonds is 6. The topological polar surface area (TPSA) is 106 Å². The lowest BCUT2D eigenvalue weighted by atomic mass is 9.98. The van der Waals surface area contributed by atoms with E-state index in [1.54, 1.807) is 18.2 Å². The minimum Gasteiger partial charge on any atom is -0.452 e. The van der Waals surface area contributed by atoms with Gasteiger partial charge in [0.1, 0.15) is 0 Å². The molecule has 8 nitrogen and oxygen atoms in total. The molecule has 2 aromatic rings. The highest BCUT2D eigenvalue weighted by molar-refractivity contribution is 7.89. The summed E-state index contributed by atoms with van der Waals surface area (Å²) in [6.07, 6.45) is 0.872. The molecule has 0 spiro atoms. The minimum absolute atomic E-state index is 0.110. The second-order valence-corrected chi connectivity index (χ2v) is 9.83. The molecule has 0 aliphatic carbocycles. The van der Waals surface area contributed by atoms with Crippen LogP contribution in [0, 0.1) is 5.92 Å². The largest absolute Gasteiger partial charge is 0.452 e. The van der Waals surface area contributed by atoms with Crippen molar-refractivity contribution in [2.24, 2.45) is 5.92 Å². The fraction of sp³-hybridized carbons (Fsp3) is 0.350. The number of hydrogen-bond donors (Lipinski definition) is 1. The third-order valence-corrected chi connectivity index (χ3v) is 7.29. The van der Waals surface area contributed by atoms with Crippen molar-refractivity contribution in [1.82, 2.24) is 9.29 Å². The van der Waals surface area contributed by atoms with Gasteiger partial charge in [-0.1, -0.05) is 41.4 Å². The van der Waals surface area contributed by atoms with Gasteiger partial charge in [-0.3, -0.25) is 9.59 Å². The number of nitrogens with zero attached hydrogens (tertiary/aromatic N) is 2. The first-order valence-electron chi connectivity index (χ1n) is 9.56. The molecule has 1 fully saturated rings. The smallest absolute Gasteiger partial charge is 0.309 e. The molecule has 0 radical (unpaired) electrons. The zero-order valence-electron chi connectivity index (χ0n) is 16.6. The fourth-order valence-electron chi connectivity index (χ4n) is 3.12. The molecule has 0 bridgehead atoms.